The standard InChI is InChI=1S/C12H15F3N2O4S/c13-12(14,15)11(19)17-9-3-5-10(6-4-9)22(20,21)16-7-1-2-8-18/h3-6,16,18H,1-2,7-8H2,(H,17,19). The molecule has 1 amide bonds. The van der Waals surface area contributed by atoms with Crippen LogP contribution in [0.2, 0.25) is 0 Å². The van der Waals surface area contributed by atoms with Crippen molar-refractivity contribution in [2.75, 3.05) is 18.5 Å². The van der Waals surface area contributed by atoms with E-state index in [-0.39, 0.29) is 23.7 Å². The van der Waals surface area contributed by atoms with Gasteiger partial charge >= 0.3 is 12.1 Å². The van der Waals surface area contributed by atoms with E-state index in [1.807, 2.05) is 0 Å². The number of halogens is 3. The Labute approximate surface area is 125 Å². The molecule has 0 aliphatic carbocycles. The third-order valence-electron chi connectivity index (χ3n) is 2.56. The number of benzene rings is 1. The first-order valence-electron chi connectivity index (χ1n) is 6.25. The number of amides is 1. The van der Waals surface area contributed by atoms with Gasteiger partial charge in [-0.05, 0) is 37.1 Å². The van der Waals surface area contributed by atoms with Crippen molar-refractivity contribution >= 4 is 21.6 Å². The van der Waals surface area contributed by atoms with Crippen LogP contribution in [0.5, 0.6) is 0 Å². The van der Waals surface area contributed by atoms with Crippen molar-refractivity contribution in [1.29, 1.82) is 0 Å². The van der Waals surface area contributed by atoms with Gasteiger partial charge in [0, 0.05) is 18.8 Å². The molecule has 1 aromatic rings. The van der Waals surface area contributed by atoms with E-state index in [0.717, 1.165) is 24.3 Å². The molecule has 0 unspecified atom stereocenters. The second-order valence-corrected chi connectivity index (χ2v) is 6.07. The molecule has 0 aromatic heterocycles. The van der Waals surface area contributed by atoms with Gasteiger partial charge in [0.15, 0.2) is 0 Å². The molecule has 22 heavy (non-hydrogen) atoms. The quantitative estimate of drug-likeness (QED) is 0.651. The largest absolute Gasteiger partial charge is 0.471 e. The van der Waals surface area contributed by atoms with Crippen LogP contribution in [0, 0.1) is 0 Å². The molecule has 0 aliphatic heterocycles. The number of alkyl halides is 3. The maximum atomic E-state index is 12.1. The zero-order valence-corrected chi connectivity index (χ0v) is 12.2. The number of carbonyl (C=O) groups excluding carboxylic acids is 1. The van der Waals surface area contributed by atoms with E-state index in [4.69, 9.17) is 5.11 Å². The number of aliphatic hydroxyl groups excluding tert-OH is 1. The molecule has 1 aromatic carbocycles. The number of rotatable bonds is 7. The minimum Gasteiger partial charge on any atom is -0.396 e. The van der Waals surface area contributed by atoms with Gasteiger partial charge in [-0.2, -0.15) is 13.2 Å². The molecular weight excluding hydrogens is 325 g/mol. The van der Waals surface area contributed by atoms with Crippen molar-refractivity contribution in [3.05, 3.63) is 24.3 Å². The predicted octanol–water partition coefficient (Wildman–Crippen LogP) is 1.24. The van der Waals surface area contributed by atoms with E-state index in [1.165, 1.54) is 0 Å². The topological polar surface area (TPSA) is 95.5 Å². The van der Waals surface area contributed by atoms with E-state index in [2.05, 4.69) is 4.72 Å². The Morgan fingerprint density at radius 1 is 1.14 bits per heavy atom. The zero-order chi connectivity index (χ0) is 16.8. The van der Waals surface area contributed by atoms with Gasteiger partial charge in [0.05, 0.1) is 4.90 Å². The van der Waals surface area contributed by atoms with Crippen LogP contribution in [-0.2, 0) is 14.8 Å². The van der Waals surface area contributed by atoms with Crippen LogP contribution in [-0.4, -0.2) is 38.8 Å². The molecule has 0 bridgehead atoms. The molecule has 10 heteroatoms. The predicted molar refractivity (Wildman–Crippen MR) is 72.6 cm³/mol. The van der Waals surface area contributed by atoms with Gasteiger partial charge in [-0.25, -0.2) is 13.1 Å². The lowest BCUT2D eigenvalue weighted by atomic mass is 10.3. The highest BCUT2D eigenvalue weighted by Gasteiger charge is 2.38. The highest BCUT2D eigenvalue weighted by molar-refractivity contribution is 7.89. The van der Waals surface area contributed by atoms with Crippen LogP contribution >= 0.6 is 0 Å². The molecule has 0 heterocycles. The van der Waals surface area contributed by atoms with Crippen LogP contribution in [0.25, 0.3) is 0 Å². The van der Waals surface area contributed by atoms with Gasteiger partial charge in [-0.3, -0.25) is 4.79 Å². The SMILES string of the molecule is O=C(Nc1ccc(S(=O)(=O)NCCCCO)cc1)C(F)(F)F. The highest BCUT2D eigenvalue weighted by atomic mass is 32.2. The Balaban J connectivity index is 2.69. The van der Waals surface area contributed by atoms with E-state index < -0.39 is 22.1 Å². The first-order valence-corrected chi connectivity index (χ1v) is 7.74. The van der Waals surface area contributed by atoms with Crippen LogP contribution in [0.3, 0.4) is 0 Å². The molecule has 0 saturated carbocycles. The molecule has 0 fully saturated rings. The maximum Gasteiger partial charge on any atom is 0.471 e. The van der Waals surface area contributed by atoms with Crippen molar-refractivity contribution in [3.63, 3.8) is 0 Å². The second kappa shape index (κ2) is 7.56. The Morgan fingerprint density at radius 3 is 2.23 bits per heavy atom. The number of anilines is 1. The molecule has 0 atom stereocenters. The molecular formula is C12H15F3N2O4S. The van der Waals surface area contributed by atoms with Crippen molar-refractivity contribution in [1.82, 2.24) is 4.72 Å². The summed E-state index contributed by atoms with van der Waals surface area (Å²) in [6, 6.07) is 4.29. The Morgan fingerprint density at radius 2 is 1.73 bits per heavy atom. The first-order chi connectivity index (χ1) is 10.2. The summed E-state index contributed by atoms with van der Waals surface area (Å²) in [6.45, 7) is 0.0881. The molecule has 3 N–H and O–H groups in total. The lowest BCUT2D eigenvalue weighted by Crippen LogP contribution is -2.30. The maximum absolute atomic E-state index is 12.1. The van der Waals surface area contributed by atoms with Crippen LogP contribution in [0.1, 0.15) is 12.8 Å². The van der Waals surface area contributed by atoms with Crippen molar-refractivity contribution in [3.8, 4) is 0 Å². The summed E-state index contributed by atoms with van der Waals surface area (Å²) in [5.41, 5.74) is -0.165. The summed E-state index contributed by atoms with van der Waals surface area (Å²) >= 11 is 0. The summed E-state index contributed by atoms with van der Waals surface area (Å²) in [5, 5.41) is 10.2. The smallest absolute Gasteiger partial charge is 0.396 e. The number of hydrogen-bond acceptors (Lipinski definition) is 4. The van der Waals surface area contributed by atoms with Gasteiger partial charge in [-0.15, -0.1) is 0 Å². The second-order valence-electron chi connectivity index (χ2n) is 4.30. The lowest BCUT2D eigenvalue weighted by molar-refractivity contribution is -0.167. The lowest BCUT2D eigenvalue weighted by Gasteiger charge is -2.09. The van der Waals surface area contributed by atoms with Crippen LogP contribution in [0.15, 0.2) is 29.2 Å². The van der Waals surface area contributed by atoms with Crippen LogP contribution in [0.4, 0.5) is 18.9 Å². The molecule has 124 valence electrons. The average Bonchev–Trinajstić information content (AvgIpc) is 2.43. The fourth-order valence-electron chi connectivity index (χ4n) is 1.45. The third-order valence-corrected chi connectivity index (χ3v) is 4.03. The number of hydrogen-bond donors (Lipinski definition) is 3. The molecule has 0 radical (unpaired) electrons. The number of unbranched alkanes of at least 4 members (excludes halogenated alkanes) is 1. The van der Waals surface area contributed by atoms with Gasteiger partial charge in [0.1, 0.15) is 0 Å². The minimum absolute atomic E-state index is 0.0463. The van der Waals surface area contributed by atoms with Crippen molar-refractivity contribution < 1.29 is 31.5 Å². The Kier molecular flexibility index (Phi) is 6.33. The van der Waals surface area contributed by atoms with Gasteiger partial charge in [-0.1, -0.05) is 0 Å². The van der Waals surface area contributed by atoms with Crippen LogP contribution < -0.4 is 10.0 Å². The Hall–Kier alpha value is -1.65. The first kappa shape index (κ1) is 18.4. The summed E-state index contributed by atoms with van der Waals surface area (Å²) < 4.78 is 62.2. The normalized spacial score (nSPS) is 12.2. The molecule has 0 aliphatic rings. The number of carbonyl (C=O) groups is 1. The molecule has 0 saturated heterocycles. The molecule has 6 nitrogen and oxygen atoms in total. The average molecular weight is 340 g/mol. The summed E-state index contributed by atoms with van der Waals surface area (Å²) in [7, 11) is -3.78. The fourth-order valence-corrected chi connectivity index (χ4v) is 2.52. The third kappa shape index (κ3) is 5.62. The van der Waals surface area contributed by atoms with Gasteiger partial charge in [0.2, 0.25) is 10.0 Å². The summed E-state index contributed by atoms with van der Waals surface area (Å²) in [5.74, 6) is -2.13. The van der Waals surface area contributed by atoms with Gasteiger partial charge in [0.25, 0.3) is 0 Å². The van der Waals surface area contributed by atoms with Gasteiger partial charge < -0.3 is 10.4 Å². The Bertz CT molecular complexity index is 600. The minimum atomic E-state index is -5.01. The monoisotopic (exact) mass is 340 g/mol. The van der Waals surface area contributed by atoms with Crippen molar-refractivity contribution in [2.45, 2.75) is 23.9 Å². The summed E-state index contributed by atoms with van der Waals surface area (Å²) in [4.78, 5) is 10.6. The van der Waals surface area contributed by atoms with Crippen molar-refractivity contribution in [2.24, 2.45) is 0 Å². The van der Waals surface area contributed by atoms with E-state index in [1.54, 1.807) is 5.32 Å². The van der Waals surface area contributed by atoms with E-state index in [0.29, 0.717) is 12.8 Å². The zero-order valence-electron chi connectivity index (χ0n) is 11.4. The molecule has 1 rings (SSSR count). The van der Waals surface area contributed by atoms with E-state index in [9.17, 15) is 26.4 Å². The summed E-state index contributed by atoms with van der Waals surface area (Å²) in [6.07, 6.45) is -4.11. The number of sulfonamides is 1. The highest BCUT2D eigenvalue weighted by Crippen LogP contribution is 2.19. The van der Waals surface area contributed by atoms with E-state index >= 15 is 0 Å². The number of nitrogens with one attached hydrogen (secondary N) is 2. The molecule has 0 spiro atoms. The fraction of sp³-hybridized carbons (Fsp3) is 0.417. The number of aliphatic hydroxyl groups is 1.